The highest BCUT2D eigenvalue weighted by Crippen LogP contribution is 2.68. The van der Waals surface area contributed by atoms with Crippen molar-refractivity contribution in [3.05, 3.63) is 104 Å². The quantitative estimate of drug-likeness (QED) is 0.122. The van der Waals surface area contributed by atoms with Crippen LogP contribution in [0, 0.1) is 17.6 Å². The Bertz CT molecular complexity index is 2920. The number of rotatable bonds is 13. The first-order valence-electron chi connectivity index (χ1n) is 18.3. The Morgan fingerprint density at radius 2 is 1.75 bits per heavy atom. The van der Waals surface area contributed by atoms with Gasteiger partial charge in [-0.3, -0.25) is 28.2 Å². The zero-order chi connectivity index (χ0) is 42.6. The van der Waals surface area contributed by atoms with E-state index in [4.69, 9.17) is 11.6 Å². The molecular weight excluding hydrogens is 854 g/mol. The van der Waals surface area contributed by atoms with E-state index < -0.39 is 118 Å². The molecule has 2 N–H and O–H groups in total. The summed E-state index contributed by atoms with van der Waals surface area (Å²) in [5.41, 5.74) is -3.89. The fourth-order valence-corrected chi connectivity index (χ4v) is 9.58. The number of carbonyl (C=O) groups excluding carboxylic acids is 1. The molecule has 3 atom stereocenters. The summed E-state index contributed by atoms with van der Waals surface area (Å²) < 4.78 is 147. The van der Waals surface area contributed by atoms with Gasteiger partial charge in [-0.1, -0.05) is 11.6 Å². The Morgan fingerprint density at radius 3 is 2.43 bits per heavy atom. The lowest BCUT2D eigenvalue weighted by Gasteiger charge is -2.24. The largest absolute Gasteiger partial charge is 0.344 e. The van der Waals surface area contributed by atoms with Gasteiger partial charge >= 0.3 is 0 Å². The first-order valence-corrected chi connectivity index (χ1v) is 20.2. The van der Waals surface area contributed by atoms with Gasteiger partial charge in [0.1, 0.15) is 41.9 Å². The summed E-state index contributed by atoms with van der Waals surface area (Å²) in [6.07, 6.45) is -4.97. The van der Waals surface area contributed by atoms with E-state index in [0.717, 1.165) is 21.4 Å². The van der Waals surface area contributed by atoms with Crippen LogP contribution >= 0.6 is 11.6 Å². The molecule has 13 nitrogen and oxygen atoms in total. The molecule has 3 aliphatic carbocycles. The molecule has 0 aliphatic heterocycles. The number of nitrogens with one attached hydrogen (secondary N) is 2. The Balaban J connectivity index is 1.23. The molecule has 0 bridgehead atoms. The van der Waals surface area contributed by atoms with Crippen molar-refractivity contribution in [3.8, 4) is 5.69 Å². The molecule has 4 aromatic heterocycles. The molecule has 3 aliphatic rings. The number of alkyl halides is 6. The average molecular weight is 882 g/mol. The normalized spacial score (nSPS) is 18.6. The molecule has 0 radical (unpaired) electrons. The zero-order valence-electron chi connectivity index (χ0n) is 30.4. The SMILES string of the molecule is O=C(Cn1nc(C(F)F)c2c1C(F)(F)[C@@H]1C[C@H]21)N[C@@H](Cc1cc(F)cc(F)c1)c1nc2ncccc2c(=O)n1-c1ccc(Cl)c2c(NS(=O)(=O)C3CC3)nn(CC(F)F)c12. The number of hydrogen-bond donors (Lipinski definition) is 2. The lowest BCUT2D eigenvalue weighted by atomic mass is 10.0. The third-order valence-electron chi connectivity index (χ3n) is 10.7. The van der Waals surface area contributed by atoms with Crippen LogP contribution in [0.25, 0.3) is 27.6 Å². The molecule has 4 heterocycles. The van der Waals surface area contributed by atoms with E-state index in [0.29, 0.717) is 23.6 Å². The zero-order valence-corrected chi connectivity index (χ0v) is 32.0. The first kappa shape index (κ1) is 39.8. The third-order valence-corrected chi connectivity index (χ3v) is 12.9. The van der Waals surface area contributed by atoms with Crippen molar-refractivity contribution in [2.24, 2.45) is 5.92 Å². The summed E-state index contributed by atoms with van der Waals surface area (Å²) in [4.78, 5) is 37.3. The van der Waals surface area contributed by atoms with Gasteiger partial charge in [0.15, 0.2) is 11.5 Å². The minimum Gasteiger partial charge on any atom is -0.344 e. The number of anilines is 1. The van der Waals surface area contributed by atoms with Crippen molar-refractivity contribution in [2.45, 2.75) is 74.8 Å². The maximum atomic E-state index is 15.4. The van der Waals surface area contributed by atoms with Gasteiger partial charge in [-0.2, -0.15) is 19.0 Å². The van der Waals surface area contributed by atoms with E-state index in [-0.39, 0.29) is 50.2 Å². The van der Waals surface area contributed by atoms with Crippen molar-refractivity contribution in [2.75, 3.05) is 4.72 Å². The van der Waals surface area contributed by atoms with Gasteiger partial charge < -0.3 is 5.32 Å². The summed E-state index contributed by atoms with van der Waals surface area (Å²) in [6, 6.07) is 5.90. The first-order chi connectivity index (χ1) is 28.4. The van der Waals surface area contributed by atoms with Crippen molar-refractivity contribution in [1.29, 1.82) is 0 Å². The molecule has 2 saturated carbocycles. The number of aromatic nitrogens is 7. The highest BCUT2D eigenvalue weighted by Gasteiger charge is 2.67. The summed E-state index contributed by atoms with van der Waals surface area (Å²) in [5.74, 6) is -9.78. The fraction of sp³-hybridized carbons (Fsp3) is 0.351. The van der Waals surface area contributed by atoms with Crippen molar-refractivity contribution in [1.82, 2.24) is 39.4 Å². The predicted octanol–water partition coefficient (Wildman–Crippen LogP) is 6.67. The number of carbonyl (C=O) groups is 1. The van der Waals surface area contributed by atoms with Crippen molar-refractivity contribution >= 4 is 55.3 Å². The van der Waals surface area contributed by atoms with Crippen LogP contribution in [0.4, 0.5) is 40.9 Å². The number of hydrogen-bond acceptors (Lipinski definition) is 8. The van der Waals surface area contributed by atoms with Crippen LogP contribution in [0.3, 0.4) is 0 Å². The number of pyridine rings is 1. The van der Waals surface area contributed by atoms with Gasteiger partial charge in [-0.05, 0) is 67.1 Å². The van der Waals surface area contributed by atoms with Crippen LogP contribution in [0.2, 0.25) is 5.02 Å². The maximum absolute atomic E-state index is 15.4. The molecule has 0 unspecified atom stereocenters. The second-order valence-corrected chi connectivity index (χ2v) is 17.2. The molecule has 1 amide bonds. The molecule has 314 valence electrons. The minimum atomic E-state index is -4.06. The van der Waals surface area contributed by atoms with Crippen LogP contribution in [0.5, 0.6) is 0 Å². The molecular formula is C37H28ClF8N9O4S. The molecule has 0 spiro atoms. The number of benzene rings is 2. The van der Waals surface area contributed by atoms with Crippen LogP contribution in [0.15, 0.2) is 53.5 Å². The van der Waals surface area contributed by atoms with Gasteiger partial charge in [0.2, 0.25) is 15.9 Å². The summed E-state index contributed by atoms with van der Waals surface area (Å²) >= 11 is 6.58. The molecule has 6 aromatic rings. The number of fused-ring (bicyclic) bond motifs is 5. The molecule has 0 saturated heterocycles. The second-order valence-electron chi connectivity index (χ2n) is 14.8. The van der Waals surface area contributed by atoms with Crippen molar-refractivity contribution < 1.29 is 48.3 Å². The van der Waals surface area contributed by atoms with Gasteiger partial charge in [0, 0.05) is 30.2 Å². The highest BCUT2D eigenvalue weighted by molar-refractivity contribution is 7.93. The summed E-state index contributed by atoms with van der Waals surface area (Å²) in [5, 5.41) is 9.04. The monoisotopic (exact) mass is 881 g/mol. The maximum Gasteiger partial charge on any atom is 0.293 e. The lowest BCUT2D eigenvalue weighted by molar-refractivity contribution is -0.123. The minimum absolute atomic E-state index is 0.0366. The Labute approximate surface area is 337 Å². The van der Waals surface area contributed by atoms with Gasteiger partial charge in [0.25, 0.3) is 24.3 Å². The number of halogens is 9. The summed E-state index contributed by atoms with van der Waals surface area (Å²) in [6.45, 7) is -2.18. The van der Waals surface area contributed by atoms with E-state index in [1.807, 2.05) is 0 Å². The Morgan fingerprint density at radius 1 is 1.02 bits per heavy atom. The smallest absolute Gasteiger partial charge is 0.293 e. The number of sulfonamides is 1. The second kappa shape index (κ2) is 14.2. The third kappa shape index (κ3) is 6.82. The standard InChI is InChI=1S/C37H28ClF8N9O4S/c38-22-5-6-24(30-28(22)34(51-53(30)13-25(41)42)52-60(58,59)18-3-4-18)55-35(49-33-19(36(55)57)2-1-7-47-33)23(10-15-8-16(39)11-17(40)9-15)48-26(56)14-54-31-27(29(50-54)32(43)44)20-12-21(20)37(31,45)46/h1-2,5-9,11,18,20-21,23,25,32H,3-4,10,12-14H2,(H,48,56)(H,51,52)/t20-,21+,23-/m0/s1. The topological polar surface area (TPSA) is 159 Å². The molecule has 9 rings (SSSR count). The van der Waals surface area contributed by atoms with Gasteiger partial charge in [-0.15, -0.1) is 0 Å². The van der Waals surface area contributed by atoms with E-state index in [2.05, 4.69) is 30.2 Å². The lowest BCUT2D eigenvalue weighted by Crippen LogP contribution is -2.38. The molecule has 2 aromatic carbocycles. The molecule has 23 heteroatoms. The van der Waals surface area contributed by atoms with E-state index in [1.165, 1.54) is 30.5 Å². The van der Waals surface area contributed by atoms with Crippen molar-refractivity contribution in [3.63, 3.8) is 0 Å². The highest BCUT2D eigenvalue weighted by atomic mass is 35.5. The van der Waals surface area contributed by atoms with E-state index in [1.54, 1.807) is 0 Å². The average Bonchev–Trinajstić information content (AvgIpc) is 4.09. The number of amides is 1. The Hall–Kier alpha value is -5.64. The van der Waals surface area contributed by atoms with Gasteiger partial charge in [0.05, 0.1) is 38.3 Å². The fourth-order valence-electron chi connectivity index (χ4n) is 8.00. The van der Waals surface area contributed by atoms with Gasteiger partial charge in [-0.25, -0.2) is 44.7 Å². The van der Waals surface area contributed by atoms with Crippen LogP contribution < -0.4 is 15.6 Å². The predicted molar refractivity (Wildman–Crippen MR) is 198 cm³/mol. The molecule has 60 heavy (non-hydrogen) atoms. The van der Waals surface area contributed by atoms with Crippen LogP contribution in [-0.4, -0.2) is 60.1 Å². The van der Waals surface area contributed by atoms with Crippen LogP contribution in [-0.2, 0) is 40.3 Å². The van der Waals surface area contributed by atoms with E-state index in [9.17, 15) is 44.3 Å². The Kier molecular flexibility index (Phi) is 9.45. The van der Waals surface area contributed by atoms with E-state index >= 15 is 8.78 Å². The molecule has 2 fully saturated rings. The summed E-state index contributed by atoms with van der Waals surface area (Å²) in [7, 11) is -4.06. The van der Waals surface area contributed by atoms with Crippen LogP contribution in [0.1, 0.15) is 66.0 Å². The number of nitrogens with zero attached hydrogens (tertiary/aromatic N) is 7.